The van der Waals surface area contributed by atoms with Crippen molar-refractivity contribution >= 4 is 34.6 Å². The second-order valence-corrected chi connectivity index (χ2v) is 4.67. The summed E-state index contributed by atoms with van der Waals surface area (Å²) in [7, 11) is 0. The van der Waals surface area contributed by atoms with E-state index in [1.54, 1.807) is 12.1 Å². The molecule has 0 aliphatic carbocycles. The topological polar surface area (TPSA) is 75.4 Å². The Bertz CT molecular complexity index is 634. The van der Waals surface area contributed by atoms with Gasteiger partial charge in [-0.2, -0.15) is 0 Å². The van der Waals surface area contributed by atoms with E-state index in [1.807, 2.05) is 36.4 Å². The summed E-state index contributed by atoms with van der Waals surface area (Å²) in [5, 5.41) is 3.21. The van der Waals surface area contributed by atoms with Gasteiger partial charge in [-0.3, -0.25) is 14.5 Å². The Morgan fingerprint density at radius 1 is 0.857 bits per heavy atom. The third-order valence-corrected chi connectivity index (χ3v) is 2.95. The summed E-state index contributed by atoms with van der Waals surface area (Å²) < 4.78 is 0. The van der Waals surface area contributed by atoms with E-state index in [0.29, 0.717) is 11.4 Å². The lowest BCUT2D eigenvalue weighted by Crippen LogP contribution is -2.32. The number of nitrogens with one attached hydrogen (secondary N) is 1. The van der Waals surface area contributed by atoms with Crippen molar-refractivity contribution in [2.45, 2.75) is 13.8 Å². The molecule has 0 spiro atoms. The third-order valence-electron chi connectivity index (χ3n) is 2.95. The maximum atomic E-state index is 11.5. The smallest absolute Gasteiger partial charge is 0.230 e. The van der Waals surface area contributed by atoms with E-state index < -0.39 is 0 Å². The van der Waals surface area contributed by atoms with Crippen LogP contribution in [0.3, 0.4) is 0 Å². The number of amides is 2. The lowest BCUT2D eigenvalue weighted by Gasteiger charge is -2.17. The van der Waals surface area contributed by atoms with Crippen LogP contribution < -0.4 is 16.0 Å². The van der Waals surface area contributed by atoms with Gasteiger partial charge in [0, 0.05) is 30.9 Å². The number of imide groups is 1. The molecular formula is C16H17N3O2. The van der Waals surface area contributed by atoms with Crippen LogP contribution in [0.15, 0.2) is 48.5 Å². The van der Waals surface area contributed by atoms with Crippen molar-refractivity contribution < 1.29 is 9.59 Å². The number of carbonyl (C=O) groups excluding carboxylic acids is 2. The molecule has 0 aliphatic heterocycles. The van der Waals surface area contributed by atoms with Crippen LogP contribution in [-0.4, -0.2) is 11.8 Å². The Labute approximate surface area is 123 Å². The molecule has 0 saturated carbocycles. The van der Waals surface area contributed by atoms with E-state index in [9.17, 15) is 9.59 Å². The predicted octanol–water partition coefficient (Wildman–Crippen LogP) is 2.91. The second-order valence-electron chi connectivity index (χ2n) is 4.67. The zero-order chi connectivity index (χ0) is 15.4. The molecule has 0 unspecified atom stereocenters. The number of hydrogen-bond donors (Lipinski definition) is 2. The summed E-state index contributed by atoms with van der Waals surface area (Å²) in [6.07, 6.45) is 0. The highest BCUT2D eigenvalue weighted by Crippen LogP contribution is 2.22. The van der Waals surface area contributed by atoms with Gasteiger partial charge in [-0.1, -0.05) is 0 Å². The van der Waals surface area contributed by atoms with Crippen molar-refractivity contribution in [2.75, 3.05) is 16.0 Å². The number of anilines is 4. The van der Waals surface area contributed by atoms with Crippen LogP contribution in [-0.2, 0) is 9.59 Å². The summed E-state index contributed by atoms with van der Waals surface area (Å²) in [6, 6.07) is 14.4. The van der Waals surface area contributed by atoms with Gasteiger partial charge in [-0.05, 0) is 48.5 Å². The van der Waals surface area contributed by atoms with E-state index in [0.717, 1.165) is 16.3 Å². The monoisotopic (exact) mass is 283 g/mol. The number of benzene rings is 2. The quantitative estimate of drug-likeness (QED) is 0.849. The van der Waals surface area contributed by atoms with E-state index in [4.69, 9.17) is 5.73 Å². The van der Waals surface area contributed by atoms with Crippen molar-refractivity contribution in [3.8, 4) is 0 Å². The molecule has 0 atom stereocenters. The predicted molar refractivity (Wildman–Crippen MR) is 84.4 cm³/mol. The minimum atomic E-state index is -0.304. The molecule has 5 nitrogen and oxygen atoms in total. The zero-order valence-corrected chi connectivity index (χ0v) is 12.0. The maximum Gasteiger partial charge on any atom is 0.230 e. The molecule has 0 heterocycles. The van der Waals surface area contributed by atoms with Gasteiger partial charge < -0.3 is 11.1 Å². The van der Waals surface area contributed by atoms with E-state index >= 15 is 0 Å². The normalized spacial score (nSPS) is 10.0. The molecule has 0 radical (unpaired) electrons. The number of nitrogen functional groups attached to an aromatic ring is 1. The SMILES string of the molecule is CC(=O)N(C(C)=O)c1ccc(Nc2ccc(N)cc2)cc1. The lowest BCUT2D eigenvalue weighted by atomic mass is 10.2. The molecule has 0 fully saturated rings. The number of nitrogens with zero attached hydrogens (tertiary/aromatic N) is 1. The molecule has 0 aliphatic rings. The summed E-state index contributed by atoms with van der Waals surface area (Å²) in [4.78, 5) is 24.1. The average molecular weight is 283 g/mol. The van der Waals surface area contributed by atoms with Crippen LogP contribution in [0.1, 0.15) is 13.8 Å². The Morgan fingerprint density at radius 2 is 1.29 bits per heavy atom. The largest absolute Gasteiger partial charge is 0.399 e. The number of carbonyl (C=O) groups is 2. The summed E-state index contributed by atoms with van der Waals surface area (Å²) in [5.41, 5.74) is 8.66. The van der Waals surface area contributed by atoms with Crippen LogP contribution in [0, 0.1) is 0 Å². The van der Waals surface area contributed by atoms with Gasteiger partial charge in [0.1, 0.15) is 0 Å². The molecule has 2 aromatic carbocycles. The lowest BCUT2D eigenvalue weighted by molar-refractivity contribution is -0.124. The minimum absolute atomic E-state index is 0.304. The second kappa shape index (κ2) is 6.09. The fraction of sp³-hybridized carbons (Fsp3) is 0.125. The van der Waals surface area contributed by atoms with E-state index in [1.165, 1.54) is 13.8 Å². The van der Waals surface area contributed by atoms with Gasteiger partial charge in [0.2, 0.25) is 11.8 Å². The summed E-state index contributed by atoms with van der Waals surface area (Å²) >= 11 is 0. The zero-order valence-electron chi connectivity index (χ0n) is 12.0. The van der Waals surface area contributed by atoms with Crippen LogP contribution in [0.2, 0.25) is 0 Å². The molecular weight excluding hydrogens is 266 g/mol. The van der Waals surface area contributed by atoms with Gasteiger partial charge in [-0.25, -0.2) is 0 Å². The first-order chi connectivity index (χ1) is 9.97. The van der Waals surface area contributed by atoms with Crippen LogP contribution in [0.5, 0.6) is 0 Å². The molecule has 2 rings (SSSR count). The van der Waals surface area contributed by atoms with E-state index in [-0.39, 0.29) is 11.8 Å². The first kappa shape index (κ1) is 14.6. The Morgan fingerprint density at radius 3 is 1.71 bits per heavy atom. The molecule has 5 heteroatoms. The third kappa shape index (κ3) is 3.60. The van der Waals surface area contributed by atoms with Gasteiger partial charge in [0.25, 0.3) is 0 Å². The highest BCUT2D eigenvalue weighted by atomic mass is 16.2. The number of nitrogens with two attached hydrogens (primary N) is 1. The molecule has 0 aromatic heterocycles. The van der Waals surface area contributed by atoms with Crippen LogP contribution in [0.25, 0.3) is 0 Å². The number of hydrogen-bond acceptors (Lipinski definition) is 4. The fourth-order valence-electron chi connectivity index (χ4n) is 2.01. The highest BCUT2D eigenvalue weighted by molar-refractivity contribution is 6.13. The number of rotatable bonds is 3. The standard InChI is InChI=1S/C16H17N3O2/c1-11(20)19(12(2)21)16-9-7-15(8-10-16)18-14-5-3-13(17)4-6-14/h3-10,18H,17H2,1-2H3. The van der Waals surface area contributed by atoms with Crippen molar-refractivity contribution in [3.63, 3.8) is 0 Å². The first-order valence-electron chi connectivity index (χ1n) is 6.51. The first-order valence-corrected chi connectivity index (χ1v) is 6.51. The summed E-state index contributed by atoms with van der Waals surface area (Å²) in [5.74, 6) is -0.608. The van der Waals surface area contributed by atoms with Crippen molar-refractivity contribution in [3.05, 3.63) is 48.5 Å². The molecule has 21 heavy (non-hydrogen) atoms. The van der Waals surface area contributed by atoms with Crippen LogP contribution in [0.4, 0.5) is 22.7 Å². The Kier molecular flexibility index (Phi) is 4.23. The Balaban J connectivity index is 2.16. The molecule has 2 aromatic rings. The van der Waals surface area contributed by atoms with Gasteiger partial charge >= 0.3 is 0 Å². The van der Waals surface area contributed by atoms with Crippen molar-refractivity contribution in [1.29, 1.82) is 0 Å². The fourth-order valence-corrected chi connectivity index (χ4v) is 2.01. The van der Waals surface area contributed by atoms with Gasteiger partial charge in [0.05, 0.1) is 5.69 Å². The average Bonchev–Trinajstić information content (AvgIpc) is 2.42. The van der Waals surface area contributed by atoms with Gasteiger partial charge in [0.15, 0.2) is 0 Å². The van der Waals surface area contributed by atoms with Crippen molar-refractivity contribution in [1.82, 2.24) is 0 Å². The molecule has 108 valence electrons. The molecule has 2 amide bonds. The summed E-state index contributed by atoms with van der Waals surface area (Å²) in [6.45, 7) is 2.73. The highest BCUT2D eigenvalue weighted by Gasteiger charge is 2.15. The van der Waals surface area contributed by atoms with Gasteiger partial charge in [-0.15, -0.1) is 0 Å². The Hall–Kier alpha value is -2.82. The van der Waals surface area contributed by atoms with E-state index in [2.05, 4.69) is 5.32 Å². The molecule has 3 N–H and O–H groups in total. The molecule has 0 saturated heterocycles. The van der Waals surface area contributed by atoms with Crippen molar-refractivity contribution in [2.24, 2.45) is 0 Å². The van der Waals surface area contributed by atoms with Crippen LogP contribution >= 0.6 is 0 Å². The maximum absolute atomic E-state index is 11.5. The minimum Gasteiger partial charge on any atom is -0.399 e. The molecule has 0 bridgehead atoms.